The summed E-state index contributed by atoms with van der Waals surface area (Å²) in [6.07, 6.45) is 9.14. The van der Waals surface area contributed by atoms with Crippen LogP contribution in [0.25, 0.3) is 6.08 Å². The van der Waals surface area contributed by atoms with Gasteiger partial charge in [-0.25, -0.2) is 9.36 Å². The molecule has 6 nitrogen and oxygen atoms in total. The Balaban J connectivity index is 2.14. The van der Waals surface area contributed by atoms with Crippen LogP contribution in [0.15, 0.2) is 53.5 Å². The number of aromatic nitrogens is 4. The van der Waals surface area contributed by atoms with Crippen LogP contribution in [0.2, 0.25) is 0 Å². The van der Waals surface area contributed by atoms with Crippen molar-refractivity contribution in [3.8, 4) is 11.5 Å². The first-order chi connectivity index (χ1) is 11.2. The van der Waals surface area contributed by atoms with Gasteiger partial charge in [-0.05, 0) is 35.9 Å². The minimum Gasteiger partial charge on any atom is -0.493 e. The molecule has 0 amide bonds. The third-order valence-corrected chi connectivity index (χ3v) is 3.95. The van der Waals surface area contributed by atoms with E-state index in [-0.39, 0.29) is 0 Å². The van der Waals surface area contributed by atoms with Crippen LogP contribution < -0.4 is 9.47 Å². The normalized spacial score (nSPS) is 10.4. The molecule has 0 aliphatic rings. The van der Waals surface area contributed by atoms with Gasteiger partial charge in [-0.1, -0.05) is 15.9 Å². The third-order valence-electron chi connectivity index (χ3n) is 3.27. The highest BCUT2D eigenvalue weighted by molar-refractivity contribution is 9.10. The van der Waals surface area contributed by atoms with E-state index >= 15 is 0 Å². The summed E-state index contributed by atoms with van der Waals surface area (Å²) in [6.45, 7) is 0. The van der Waals surface area contributed by atoms with Gasteiger partial charge in [0.1, 0.15) is 0 Å². The molecule has 0 saturated carbocycles. The van der Waals surface area contributed by atoms with Gasteiger partial charge in [-0.3, -0.25) is 0 Å². The molecular formula is C16H15BrN4O2. The minimum absolute atomic E-state index is 0.655. The Morgan fingerprint density at radius 1 is 1.00 bits per heavy atom. The van der Waals surface area contributed by atoms with Gasteiger partial charge in [0.2, 0.25) is 0 Å². The van der Waals surface area contributed by atoms with Gasteiger partial charge in [-0.15, -0.1) is 0 Å². The molecule has 23 heavy (non-hydrogen) atoms. The van der Waals surface area contributed by atoms with Crippen molar-refractivity contribution in [3.05, 3.63) is 64.9 Å². The SMILES string of the molecule is COc1cc(Br)c(C=C(n2cccn2)n2cccn2)cc1OC. The molecule has 2 aromatic heterocycles. The monoisotopic (exact) mass is 374 g/mol. The smallest absolute Gasteiger partial charge is 0.161 e. The van der Waals surface area contributed by atoms with E-state index < -0.39 is 0 Å². The number of halogens is 1. The zero-order chi connectivity index (χ0) is 16.2. The fraction of sp³-hybridized carbons (Fsp3) is 0.125. The lowest BCUT2D eigenvalue weighted by Crippen LogP contribution is -2.12. The second-order valence-electron chi connectivity index (χ2n) is 4.63. The summed E-state index contributed by atoms with van der Waals surface area (Å²) in [7, 11) is 3.22. The van der Waals surface area contributed by atoms with Gasteiger partial charge < -0.3 is 9.47 Å². The Morgan fingerprint density at radius 3 is 2.04 bits per heavy atom. The van der Waals surface area contributed by atoms with Crippen LogP contribution in [-0.4, -0.2) is 33.8 Å². The van der Waals surface area contributed by atoms with Crippen LogP contribution in [0.3, 0.4) is 0 Å². The molecular weight excluding hydrogens is 360 g/mol. The maximum atomic E-state index is 5.37. The highest BCUT2D eigenvalue weighted by atomic mass is 79.9. The second-order valence-corrected chi connectivity index (χ2v) is 5.49. The molecule has 0 unspecified atom stereocenters. The van der Waals surface area contributed by atoms with Crippen molar-refractivity contribution in [1.29, 1.82) is 0 Å². The van der Waals surface area contributed by atoms with Crippen LogP contribution in [-0.2, 0) is 0 Å². The molecule has 0 atom stereocenters. The molecule has 0 aliphatic carbocycles. The van der Waals surface area contributed by atoms with E-state index in [0.717, 1.165) is 15.9 Å². The van der Waals surface area contributed by atoms with Crippen molar-refractivity contribution < 1.29 is 9.47 Å². The fourth-order valence-corrected chi connectivity index (χ4v) is 2.60. The first-order valence-corrected chi connectivity index (χ1v) is 7.65. The zero-order valence-electron chi connectivity index (χ0n) is 12.7. The Kier molecular flexibility index (Phi) is 4.47. The van der Waals surface area contributed by atoms with Gasteiger partial charge in [-0.2, -0.15) is 10.2 Å². The molecule has 0 bridgehead atoms. The third kappa shape index (κ3) is 3.14. The van der Waals surface area contributed by atoms with Crippen LogP contribution in [0, 0.1) is 5.82 Å². The summed E-state index contributed by atoms with van der Waals surface area (Å²) < 4.78 is 15.1. The van der Waals surface area contributed by atoms with Crippen LogP contribution >= 0.6 is 15.9 Å². The average Bonchev–Trinajstić information content (AvgIpc) is 3.27. The van der Waals surface area contributed by atoms with Crippen molar-refractivity contribution in [3.63, 3.8) is 0 Å². The number of ether oxygens (including phenoxy) is 2. The largest absolute Gasteiger partial charge is 0.493 e. The van der Waals surface area contributed by atoms with Crippen LogP contribution in [0.5, 0.6) is 11.5 Å². The lowest BCUT2D eigenvalue weighted by Gasteiger charge is -2.12. The quantitative estimate of drug-likeness (QED) is 0.688. The number of benzene rings is 1. The van der Waals surface area contributed by atoms with Gasteiger partial charge >= 0.3 is 0 Å². The first kappa shape index (κ1) is 15.4. The summed E-state index contributed by atoms with van der Waals surface area (Å²) in [6, 6.07) is 7.49. The summed E-state index contributed by atoms with van der Waals surface area (Å²) in [4.78, 5) is 0. The Hall–Kier alpha value is -2.54. The number of hydrogen-bond acceptors (Lipinski definition) is 4. The Labute approximate surface area is 142 Å². The van der Waals surface area contributed by atoms with Gasteiger partial charge in [0, 0.05) is 29.3 Å². The molecule has 0 radical (unpaired) electrons. The van der Waals surface area contributed by atoms with Crippen molar-refractivity contribution in [1.82, 2.24) is 19.6 Å². The summed E-state index contributed by atoms with van der Waals surface area (Å²) >= 11 is 3.57. The molecule has 0 aliphatic heterocycles. The van der Waals surface area contributed by atoms with E-state index in [1.54, 1.807) is 36.0 Å². The van der Waals surface area contributed by atoms with E-state index in [1.807, 2.05) is 42.7 Å². The molecule has 0 fully saturated rings. The Bertz CT molecular complexity index is 775. The summed E-state index contributed by atoms with van der Waals surface area (Å²) in [5, 5.41) is 8.58. The zero-order valence-corrected chi connectivity index (χ0v) is 14.3. The van der Waals surface area contributed by atoms with E-state index in [4.69, 9.17) is 9.47 Å². The predicted molar refractivity (Wildman–Crippen MR) is 90.2 cm³/mol. The van der Waals surface area contributed by atoms with E-state index in [0.29, 0.717) is 11.5 Å². The maximum absolute atomic E-state index is 5.37. The van der Waals surface area contributed by atoms with Crippen LogP contribution in [0.4, 0.5) is 0 Å². The number of rotatable bonds is 5. The van der Waals surface area contributed by atoms with E-state index in [9.17, 15) is 0 Å². The number of methoxy groups -OCH3 is 2. The minimum atomic E-state index is 0.655. The summed E-state index contributed by atoms with van der Waals surface area (Å²) in [5.41, 5.74) is 0.920. The molecule has 0 saturated heterocycles. The second kappa shape index (κ2) is 6.70. The van der Waals surface area contributed by atoms with Gasteiger partial charge in [0.05, 0.1) is 14.2 Å². The molecule has 0 spiro atoms. The highest BCUT2D eigenvalue weighted by Gasteiger charge is 2.11. The van der Waals surface area contributed by atoms with Crippen molar-refractivity contribution >= 4 is 22.0 Å². The number of nitrogens with zero attached hydrogens (tertiary/aromatic N) is 4. The van der Waals surface area contributed by atoms with Crippen molar-refractivity contribution in [2.45, 2.75) is 0 Å². The highest BCUT2D eigenvalue weighted by Crippen LogP contribution is 2.34. The van der Waals surface area contributed by atoms with Gasteiger partial charge in [0.25, 0.3) is 0 Å². The molecule has 3 rings (SSSR count). The lowest BCUT2D eigenvalue weighted by atomic mass is 10.2. The molecule has 2 heterocycles. The Morgan fingerprint density at radius 2 is 1.57 bits per heavy atom. The van der Waals surface area contributed by atoms with Crippen molar-refractivity contribution in [2.75, 3.05) is 14.2 Å². The summed E-state index contributed by atoms with van der Waals surface area (Å²) in [5.74, 6) is 2.10. The van der Waals surface area contributed by atoms with Gasteiger partial charge in [0.15, 0.2) is 17.3 Å². The predicted octanol–water partition coefficient (Wildman–Crippen LogP) is 3.18. The lowest BCUT2D eigenvalue weighted by molar-refractivity contribution is 0.354. The van der Waals surface area contributed by atoms with Crippen molar-refractivity contribution in [2.24, 2.45) is 0 Å². The van der Waals surface area contributed by atoms with E-state index in [1.165, 1.54) is 0 Å². The maximum Gasteiger partial charge on any atom is 0.161 e. The average molecular weight is 375 g/mol. The van der Waals surface area contributed by atoms with Crippen LogP contribution in [0.1, 0.15) is 5.56 Å². The molecule has 1 aromatic carbocycles. The van der Waals surface area contributed by atoms with E-state index in [2.05, 4.69) is 26.1 Å². The molecule has 3 aromatic rings. The first-order valence-electron chi connectivity index (χ1n) is 6.86. The molecule has 7 heteroatoms. The topological polar surface area (TPSA) is 54.1 Å². The molecule has 118 valence electrons. The number of hydrogen-bond donors (Lipinski definition) is 0. The standard InChI is InChI=1S/C16H15BrN4O2/c1-22-14-9-12(13(17)11-15(14)23-2)10-16(20-7-3-5-18-20)21-8-4-6-19-21/h3-11H,1-2H3. The fourth-order valence-electron chi connectivity index (χ4n) is 2.17. The molecule has 0 N–H and O–H groups in total.